The molecule has 0 radical (unpaired) electrons. The van der Waals surface area contributed by atoms with Gasteiger partial charge in [-0.2, -0.15) is 0 Å². The Bertz CT molecular complexity index is 767. The number of benzene rings is 1. The van der Waals surface area contributed by atoms with Crippen molar-refractivity contribution < 1.29 is 9.53 Å². The summed E-state index contributed by atoms with van der Waals surface area (Å²) in [6.45, 7) is 1.52. The van der Waals surface area contributed by atoms with Crippen LogP contribution in [0.4, 0.5) is 5.95 Å². The molecule has 2 saturated heterocycles. The molecule has 1 aromatic carbocycles. The molecule has 0 bridgehead atoms. The van der Waals surface area contributed by atoms with Gasteiger partial charge in [-0.25, -0.2) is 9.97 Å². The van der Waals surface area contributed by atoms with E-state index in [0.29, 0.717) is 13.0 Å². The molecule has 0 spiro atoms. The number of likely N-dealkylation sites (tertiary alicyclic amines) is 1. The zero-order valence-corrected chi connectivity index (χ0v) is 15.0. The van der Waals surface area contributed by atoms with Crippen molar-refractivity contribution in [3.8, 4) is 5.75 Å². The third kappa shape index (κ3) is 3.23. The van der Waals surface area contributed by atoms with E-state index in [-0.39, 0.29) is 18.0 Å². The van der Waals surface area contributed by atoms with Crippen molar-refractivity contribution in [2.75, 3.05) is 18.6 Å². The average Bonchev–Trinajstić information content (AvgIpc) is 3.04. The fraction of sp³-hybridized carbons (Fsp3) is 0.450. The van der Waals surface area contributed by atoms with Crippen molar-refractivity contribution in [1.82, 2.24) is 14.9 Å². The summed E-state index contributed by atoms with van der Waals surface area (Å²) in [5.41, 5.74) is 1.10. The SMILES string of the molecule is COc1cccc(CN2C(=O)CCC[C@@H]3[C@H]2CCN3c2ncccn2)c1. The van der Waals surface area contributed by atoms with Gasteiger partial charge in [-0.3, -0.25) is 4.79 Å². The number of hydrogen-bond acceptors (Lipinski definition) is 5. The highest BCUT2D eigenvalue weighted by molar-refractivity contribution is 5.77. The molecule has 6 heteroatoms. The van der Waals surface area contributed by atoms with Gasteiger partial charge < -0.3 is 14.5 Å². The van der Waals surface area contributed by atoms with Crippen molar-refractivity contribution in [3.05, 3.63) is 48.3 Å². The Kier molecular flexibility index (Phi) is 4.73. The predicted octanol–water partition coefficient (Wildman–Crippen LogP) is 2.65. The Labute approximate surface area is 153 Å². The Morgan fingerprint density at radius 3 is 2.81 bits per heavy atom. The van der Waals surface area contributed by atoms with Crippen LogP contribution in [0.2, 0.25) is 0 Å². The molecule has 2 aromatic rings. The van der Waals surface area contributed by atoms with E-state index in [1.807, 2.05) is 24.3 Å². The summed E-state index contributed by atoms with van der Waals surface area (Å²) in [4.78, 5) is 26.0. The lowest BCUT2D eigenvalue weighted by Crippen LogP contribution is -2.46. The lowest BCUT2D eigenvalue weighted by molar-refractivity contribution is -0.133. The van der Waals surface area contributed by atoms with Crippen LogP contribution in [-0.2, 0) is 11.3 Å². The van der Waals surface area contributed by atoms with Crippen LogP contribution < -0.4 is 9.64 Å². The van der Waals surface area contributed by atoms with Crippen molar-refractivity contribution in [2.45, 2.75) is 44.3 Å². The summed E-state index contributed by atoms with van der Waals surface area (Å²) in [7, 11) is 1.67. The summed E-state index contributed by atoms with van der Waals surface area (Å²) in [5.74, 6) is 1.85. The number of carbonyl (C=O) groups excluding carboxylic acids is 1. The maximum atomic E-state index is 12.8. The molecule has 26 heavy (non-hydrogen) atoms. The molecule has 2 aliphatic rings. The Hall–Kier alpha value is -2.63. The molecule has 3 heterocycles. The van der Waals surface area contributed by atoms with E-state index in [0.717, 1.165) is 43.1 Å². The molecule has 2 atom stereocenters. The first-order valence-corrected chi connectivity index (χ1v) is 9.22. The normalized spacial score (nSPS) is 22.9. The second kappa shape index (κ2) is 7.32. The van der Waals surface area contributed by atoms with E-state index in [1.54, 1.807) is 19.5 Å². The van der Waals surface area contributed by atoms with Gasteiger partial charge >= 0.3 is 0 Å². The van der Waals surface area contributed by atoms with Crippen LogP contribution in [0, 0.1) is 0 Å². The molecule has 136 valence electrons. The van der Waals surface area contributed by atoms with Gasteiger partial charge in [0, 0.05) is 31.9 Å². The van der Waals surface area contributed by atoms with Crippen LogP contribution in [0.3, 0.4) is 0 Å². The molecule has 2 aliphatic heterocycles. The number of rotatable bonds is 4. The third-order valence-electron chi connectivity index (χ3n) is 5.42. The average molecular weight is 352 g/mol. The minimum absolute atomic E-state index is 0.208. The fourth-order valence-corrected chi connectivity index (χ4v) is 4.20. The molecular weight excluding hydrogens is 328 g/mol. The highest BCUT2D eigenvalue weighted by atomic mass is 16.5. The Morgan fingerprint density at radius 2 is 2.00 bits per heavy atom. The van der Waals surface area contributed by atoms with Gasteiger partial charge in [0.2, 0.25) is 11.9 Å². The van der Waals surface area contributed by atoms with Crippen LogP contribution in [0.25, 0.3) is 0 Å². The number of amides is 1. The molecule has 1 aromatic heterocycles. The van der Waals surface area contributed by atoms with Gasteiger partial charge in [-0.1, -0.05) is 12.1 Å². The first kappa shape index (κ1) is 16.8. The molecule has 0 saturated carbocycles. The lowest BCUT2D eigenvalue weighted by atomic mass is 10.0. The standard InChI is InChI=1S/C20H24N4O2/c1-26-16-6-2-5-15(13-16)14-24-18-9-12-23(20-21-10-4-11-22-20)17(18)7-3-8-19(24)25/h2,4-6,10-11,13,17-18H,3,7-9,12,14H2,1H3/t17-,18-/m1/s1. The van der Waals surface area contributed by atoms with Gasteiger partial charge in [-0.15, -0.1) is 0 Å². The molecule has 4 rings (SSSR count). The van der Waals surface area contributed by atoms with E-state index in [1.165, 1.54) is 0 Å². The summed E-state index contributed by atoms with van der Waals surface area (Å²) in [5, 5.41) is 0. The zero-order valence-electron chi connectivity index (χ0n) is 15.0. The zero-order chi connectivity index (χ0) is 17.9. The summed E-state index contributed by atoms with van der Waals surface area (Å²) < 4.78 is 5.33. The van der Waals surface area contributed by atoms with Gasteiger partial charge in [0.25, 0.3) is 0 Å². The van der Waals surface area contributed by atoms with Crippen LogP contribution in [0.5, 0.6) is 5.75 Å². The number of hydrogen-bond donors (Lipinski definition) is 0. The minimum Gasteiger partial charge on any atom is -0.497 e. The maximum Gasteiger partial charge on any atom is 0.225 e. The molecule has 1 amide bonds. The van der Waals surface area contributed by atoms with Gasteiger partial charge in [0.05, 0.1) is 19.2 Å². The van der Waals surface area contributed by atoms with E-state index in [4.69, 9.17) is 4.74 Å². The van der Waals surface area contributed by atoms with Gasteiger partial charge in [0.15, 0.2) is 0 Å². The van der Waals surface area contributed by atoms with E-state index in [9.17, 15) is 4.79 Å². The molecule has 0 aliphatic carbocycles. The molecule has 0 unspecified atom stereocenters. The van der Waals surface area contributed by atoms with Crippen molar-refractivity contribution in [1.29, 1.82) is 0 Å². The minimum atomic E-state index is 0.208. The number of nitrogens with zero attached hydrogens (tertiary/aromatic N) is 4. The molecule has 2 fully saturated rings. The van der Waals surface area contributed by atoms with Crippen molar-refractivity contribution in [3.63, 3.8) is 0 Å². The van der Waals surface area contributed by atoms with Gasteiger partial charge in [0.1, 0.15) is 5.75 Å². The summed E-state index contributed by atoms with van der Waals surface area (Å²) >= 11 is 0. The Morgan fingerprint density at radius 1 is 1.15 bits per heavy atom. The second-order valence-electron chi connectivity index (χ2n) is 6.93. The number of anilines is 1. The van der Waals surface area contributed by atoms with E-state index < -0.39 is 0 Å². The Balaban J connectivity index is 1.59. The van der Waals surface area contributed by atoms with Crippen molar-refractivity contribution >= 4 is 11.9 Å². The van der Waals surface area contributed by atoms with E-state index >= 15 is 0 Å². The monoisotopic (exact) mass is 352 g/mol. The van der Waals surface area contributed by atoms with Crippen molar-refractivity contribution in [2.24, 2.45) is 0 Å². The quantitative estimate of drug-likeness (QED) is 0.847. The summed E-state index contributed by atoms with van der Waals surface area (Å²) in [6.07, 6.45) is 7.05. The van der Waals surface area contributed by atoms with Gasteiger partial charge in [-0.05, 0) is 43.0 Å². The smallest absolute Gasteiger partial charge is 0.225 e. The number of aromatic nitrogens is 2. The van der Waals surface area contributed by atoms with Crippen LogP contribution in [0.15, 0.2) is 42.7 Å². The highest BCUT2D eigenvalue weighted by Crippen LogP contribution is 2.33. The number of carbonyl (C=O) groups is 1. The first-order chi connectivity index (χ1) is 12.8. The lowest BCUT2D eigenvalue weighted by Gasteiger charge is -2.33. The maximum absolute atomic E-state index is 12.8. The molecular formula is C20H24N4O2. The topological polar surface area (TPSA) is 58.6 Å². The number of fused-ring (bicyclic) bond motifs is 1. The number of methoxy groups -OCH3 is 1. The highest BCUT2D eigenvalue weighted by Gasteiger charge is 2.42. The summed E-state index contributed by atoms with van der Waals surface area (Å²) in [6, 6.07) is 10.3. The van der Waals surface area contributed by atoms with Crippen LogP contribution in [-0.4, -0.2) is 46.5 Å². The fourth-order valence-electron chi connectivity index (χ4n) is 4.20. The second-order valence-corrected chi connectivity index (χ2v) is 6.93. The van der Waals surface area contributed by atoms with E-state index in [2.05, 4.69) is 25.8 Å². The largest absolute Gasteiger partial charge is 0.497 e. The molecule has 0 N–H and O–H groups in total. The first-order valence-electron chi connectivity index (χ1n) is 9.22. The number of ether oxygens (including phenoxy) is 1. The van der Waals surface area contributed by atoms with Crippen LogP contribution >= 0.6 is 0 Å². The predicted molar refractivity (Wildman–Crippen MR) is 99.0 cm³/mol. The van der Waals surface area contributed by atoms with Crippen LogP contribution in [0.1, 0.15) is 31.2 Å². The molecule has 6 nitrogen and oxygen atoms in total. The third-order valence-corrected chi connectivity index (χ3v) is 5.42.